The molecule has 2 N–H and O–H groups in total. The van der Waals surface area contributed by atoms with Gasteiger partial charge in [0.2, 0.25) is 0 Å². The van der Waals surface area contributed by atoms with Gasteiger partial charge in [-0.2, -0.15) is 0 Å². The van der Waals surface area contributed by atoms with Crippen LogP contribution in [0.2, 0.25) is 0 Å². The first-order valence-corrected chi connectivity index (χ1v) is 5.49. The van der Waals surface area contributed by atoms with Crippen molar-refractivity contribution in [2.75, 3.05) is 12.8 Å². The summed E-state index contributed by atoms with van der Waals surface area (Å²) in [5.74, 6) is -0.204. The van der Waals surface area contributed by atoms with Crippen LogP contribution in [0.15, 0.2) is 0 Å². The molecule has 1 aromatic heterocycles. The number of nitrogens with two attached hydrogens (primary N) is 1. The van der Waals surface area contributed by atoms with Crippen LogP contribution >= 0.6 is 11.3 Å². The molecule has 3 nitrogen and oxygen atoms in total. The monoisotopic (exact) mass is 211 g/mol. The third-order valence-electron chi connectivity index (χ3n) is 2.61. The number of anilines is 1. The standard InChI is InChI=1S/C10H13NO2S/c1-13-9(12)5-7-6-3-2-4-8(6)14-10(7)11/h2-5,11H2,1H3. The zero-order valence-electron chi connectivity index (χ0n) is 8.13. The summed E-state index contributed by atoms with van der Waals surface area (Å²) < 4.78 is 4.65. The van der Waals surface area contributed by atoms with Gasteiger partial charge in [-0.1, -0.05) is 0 Å². The maximum Gasteiger partial charge on any atom is 0.310 e. The maximum absolute atomic E-state index is 11.2. The summed E-state index contributed by atoms with van der Waals surface area (Å²) in [5, 5.41) is 0.792. The average Bonchev–Trinajstić information content (AvgIpc) is 2.70. The molecule has 0 spiro atoms. The second-order valence-corrected chi connectivity index (χ2v) is 4.59. The number of hydrogen-bond donors (Lipinski definition) is 1. The van der Waals surface area contributed by atoms with Crippen molar-refractivity contribution in [1.82, 2.24) is 0 Å². The van der Waals surface area contributed by atoms with E-state index in [1.54, 1.807) is 11.3 Å². The van der Waals surface area contributed by atoms with E-state index in [0.29, 0.717) is 6.42 Å². The predicted octanol–water partition coefficient (Wildman–Crippen LogP) is 1.53. The molecule has 0 aromatic carbocycles. The zero-order valence-corrected chi connectivity index (χ0v) is 8.95. The second-order valence-electron chi connectivity index (χ2n) is 3.45. The number of hydrogen-bond acceptors (Lipinski definition) is 4. The fourth-order valence-corrected chi connectivity index (χ4v) is 3.08. The fourth-order valence-electron chi connectivity index (χ4n) is 1.90. The molecule has 0 fully saturated rings. The van der Waals surface area contributed by atoms with E-state index in [0.717, 1.165) is 23.4 Å². The average molecular weight is 211 g/mol. The van der Waals surface area contributed by atoms with Crippen molar-refractivity contribution in [2.45, 2.75) is 25.7 Å². The molecule has 1 aliphatic carbocycles. The highest BCUT2D eigenvalue weighted by Crippen LogP contribution is 2.37. The van der Waals surface area contributed by atoms with Gasteiger partial charge in [-0.05, 0) is 24.8 Å². The molecule has 0 amide bonds. The highest BCUT2D eigenvalue weighted by Gasteiger charge is 2.22. The van der Waals surface area contributed by atoms with Crippen LogP contribution in [0.3, 0.4) is 0 Å². The van der Waals surface area contributed by atoms with E-state index < -0.39 is 0 Å². The Morgan fingerprint density at radius 1 is 1.57 bits per heavy atom. The van der Waals surface area contributed by atoms with Crippen LogP contribution in [0.25, 0.3) is 0 Å². The molecule has 0 bridgehead atoms. The molecular formula is C10H13NO2S. The van der Waals surface area contributed by atoms with Crippen molar-refractivity contribution in [2.24, 2.45) is 0 Å². The maximum atomic E-state index is 11.2. The van der Waals surface area contributed by atoms with Gasteiger partial charge in [0.25, 0.3) is 0 Å². The molecule has 2 rings (SSSR count). The molecule has 0 saturated carbocycles. The van der Waals surface area contributed by atoms with Gasteiger partial charge in [0.1, 0.15) is 0 Å². The number of methoxy groups -OCH3 is 1. The Morgan fingerprint density at radius 3 is 3.07 bits per heavy atom. The molecule has 0 radical (unpaired) electrons. The van der Waals surface area contributed by atoms with Gasteiger partial charge in [0, 0.05) is 10.4 Å². The molecule has 1 aliphatic rings. The second kappa shape index (κ2) is 3.61. The predicted molar refractivity (Wildman–Crippen MR) is 56.5 cm³/mol. The van der Waals surface area contributed by atoms with Gasteiger partial charge in [-0.3, -0.25) is 4.79 Å². The number of carbonyl (C=O) groups is 1. The van der Waals surface area contributed by atoms with Crippen LogP contribution in [0.1, 0.15) is 22.4 Å². The summed E-state index contributed by atoms with van der Waals surface area (Å²) in [6, 6.07) is 0. The molecule has 1 heterocycles. The Labute approximate surface area is 86.9 Å². The molecule has 0 saturated heterocycles. The highest BCUT2D eigenvalue weighted by molar-refractivity contribution is 7.16. The summed E-state index contributed by atoms with van der Waals surface area (Å²) in [5.41, 5.74) is 8.18. The summed E-state index contributed by atoms with van der Waals surface area (Å²) in [4.78, 5) is 12.5. The van der Waals surface area contributed by atoms with E-state index in [2.05, 4.69) is 4.74 Å². The molecular weight excluding hydrogens is 198 g/mol. The van der Waals surface area contributed by atoms with Crippen LogP contribution in [0.4, 0.5) is 5.00 Å². The summed E-state index contributed by atoms with van der Waals surface area (Å²) in [7, 11) is 1.41. The first-order chi connectivity index (χ1) is 6.72. The minimum absolute atomic E-state index is 0.204. The minimum atomic E-state index is -0.204. The quantitative estimate of drug-likeness (QED) is 0.755. The number of nitrogen functional groups attached to an aromatic ring is 1. The van der Waals surface area contributed by atoms with E-state index >= 15 is 0 Å². The lowest BCUT2D eigenvalue weighted by Crippen LogP contribution is -2.06. The van der Waals surface area contributed by atoms with Gasteiger partial charge >= 0.3 is 5.97 Å². The Bertz CT molecular complexity index is 370. The van der Waals surface area contributed by atoms with Crippen LogP contribution < -0.4 is 5.73 Å². The van der Waals surface area contributed by atoms with Crippen molar-refractivity contribution in [3.05, 3.63) is 16.0 Å². The van der Waals surface area contributed by atoms with E-state index in [9.17, 15) is 4.79 Å². The van der Waals surface area contributed by atoms with E-state index in [1.807, 2.05) is 0 Å². The molecule has 76 valence electrons. The number of carbonyl (C=O) groups excluding carboxylic acids is 1. The number of thiophene rings is 1. The molecule has 4 heteroatoms. The number of esters is 1. The Morgan fingerprint density at radius 2 is 2.36 bits per heavy atom. The van der Waals surface area contributed by atoms with E-state index in [1.165, 1.54) is 24.0 Å². The Balaban J connectivity index is 2.28. The number of ether oxygens (including phenoxy) is 1. The summed E-state index contributed by atoms with van der Waals surface area (Å²) >= 11 is 1.63. The molecule has 0 aliphatic heterocycles. The van der Waals surface area contributed by atoms with Gasteiger partial charge in [0.05, 0.1) is 18.5 Å². The molecule has 0 atom stereocenters. The van der Waals surface area contributed by atoms with Crippen LogP contribution in [-0.4, -0.2) is 13.1 Å². The molecule has 14 heavy (non-hydrogen) atoms. The van der Waals surface area contributed by atoms with E-state index in [4.69, 9.17) is 5.73 Å². The van der Waals surface area contributed by atoms with Crippen molar-refractivity contribution >= 4 is 22.3 Å². The van der Waals surface area contributed by atoms with Crippen molar-refractivity contribution in [1.29, 1.82) is 0 Å². The first kappa shape index (κ1) is 9.52. The van der Waals surface area contributed by atoms with E-state index in [-0.39, 0.29) is 5.97 Å². The lowest BCUT2D eigenvalue weighted by atomic mass is 10.1. The molecule has 1 aromatic rings. The number of rotatable bonds is 2. The van der Waals surface area contributed by atoms with Gasteiger partial charge in [-0.15, -0.1) is 11.3 Å². The minimum Gasteiger partial charge on any atom is -0.469 e. The SMILES string of the molecule is COC(=O)Cc1c(N)sc2c1CCC2. The smallest absolute Gasteiger partial charge is 0.310 e. The highest BCUT2D eigenvalue weighted by atomic mass is 32.1. The lowest BCUT2D eigenvalue weighted by Gasteiger charge is -2.01. The van der Waals surface area contributed by atoms with Gasteiger partial charge in [-0.25, -0.2) is 0 Å². The van der Waals surface area contributed by atoms with Crippen molar-refractivity contribution in [3.8, 4) is 0 Å². The summed E-state index contributed by atoms with van der Waals surface area (Å²) in [6.07, 6.45) is 3.70. The molecule has 0 unspecified atom stereocenters. The number of aryl methyl sites for hydroxylation is 1. The van der Waals surface area contributed by atoms with Crippen LogP contribution in [0, 0.1) is 0 Å². The van der Waals surface area contributed by atoms with Gasteiger partial charge in [0.15, 0.2) is 0 Å². The van der Waals surface area contributed by atoms with Crippen molar-refractivity contribution in [3.63, 3.8) is 0 Å². The number of fused-ring (bicyclic) bond motifs is 1. The largest absolute Gasteiger partial charge is 0.469 e. The van der Waals surface area contributed by atoms with Gasteiger partial charge < -0.3 is 10.5 Å². The zero-order chi connectivity index (χ0) is 10.1. The first-order valence-electron chi connectivity index (χ1n) is 4.68. The third-order valence-corrected chi connectivity index (χ3v) is 3.77. The summed E-state index contributed by atoms with van der Waals surface area (Å²) in [6.45, 7) is 0. The Kier molecular flexibility index (Phi) is 2.46. The normalized spacial score (nSPS) is 14.1. The Hall–Kier alpha value is -1.03. The lowest BCUT2D eigenvalue weighted by molar-refractivity contribution is -0.139. The third kappa shape index (κ3) is 1.50. The fraction of sp³-hybridized carbons (Fsp3) is 0.500. The van der Waals surface area contributed by atoms with Crippen molar-refractivity contribution < 1.29 is 9.53 Å². The van der Waals surface area contributed by atoms with Crippen LogP contribution in [-0.2, 0) is 28.8 Å². The van der Waals surface area contributed by atoms with Crippen LogP contribution in [0.5, 0.6) is 0 Å². The topological polar surface area (TPSA) is 52.3 Å².